The SMILES string of the molecule is O=C(O)NC1CC(CO)C1. The Morgan fingerprint density at radius 2 is 2.20 bits per heavy atom. The van der Waals surface area contributed by atoms with E-state index in [4.69, 9.17) is 10.2 Å². The topological polar surface area (TPSA) is 69.6 Å². The molecule has 0 aromatic carbocycles. The molecule has 1 aliphatic carbocycles. The number of rotatable bonds is 2. The standard InChI is InChI=1S/C6H11NO3/c8-3-4-1-5(2-4)7-6(9)10/h4-5,7-8H,1-3H2,(H,9,10). The molecule has 1 fully saturated rings. The smallest absolute Gasteiger partial charge is 0.404 e. The molecule has 10 heavy (non-hydrogen) atoms. The predicted octanol–water partition coefficient (Wildman–Crippen LogP) is 0.0249. The lowest BCUT2D eigenvalue weighted by atomic mass is 9.81. The summed E-state index contributed by atoms with van der Waals surface area (Å²) in [6.45, 7) is 0.178. The summed E-state index contributed by atoms with van der Waals surface area (Å²) >= 11 is 0. The summed E-state index contributed by atoms with van der Waals surface area (Å²) in [5, 5.41) is 19.1. The number of hydrogen-bond donors (Lipinski definition) is 3. The highest BCUT2D eigenvalue weighted by atomic mass is 16.4. The number of carbonyl (C=O) groups is 1. The maximum absolute atomic E-state index is 10.0. The number of hydrogen-bond acceptors (Lipinski definition) is 2. The van der Waals surface area contributed by atoms with E-state index < -0.39 is 6.09 Å². The normalized spacial score (nSPS) is 30.9. The average molecular weight is 145 g/mol. The zero-order valence-corrected chi connectivity index (χ0v) is 5.58. The van der Waals surface area contributed by atoms with Crippen molar-refractivity contribution in [1.29, 1.82) is 0 Å². The van der Waals surface area contributed by atoms with E-state index in [0.29, 0.717) is 5.92 Å². The lowest BCUT2D eigenvalue weighted by molar-refractivity contribution is 0.120. The molecule has 0 aromatic rings. The third kappa shape index (κ3) is 1.60. The quantitative estimate of drug-likeness (QED) is 0.513. The summed E-state index contributed by atoms with van der Waals surface area (Å²) in [5.74, 6) is 0.317. The lowest BCUT2D eigenvalue weighted by Gasteiger charge is -2.33. The maximum Gasteiger partial charge on any atom is 0.404 e. The van der Waals surface area contributed by atoms with E-state index in [-0.39, 0.29) is 12.6 Å². The first-order valence-electron chi connectivity index (χ1n) is 3.32. The lowest BCUT2D eigenvalue weighted by Crippen LogP contribution is -2.44. The van der Waals surface area contributed by atoms with E-state index in [1.165, 1.54) is 0 Å². The van der Waals surface area contributed by atoms with Gasteiger partial charge in [0, 0.05) is 12.6 Å². The highest BCUT2D eigenvalue weighted by Gasteiger charge is 2.29. The van der Waals surface area contributed by atoms with Crippen LogP contribution in [-0.2, 0) is 0 Å². The summed E-state index contributed by atoms with van der Waals surface area (Å²) in [7, 11) is 0. The summed E-state index contributed by atoms with van der Waals surface area (Å²) in [5.41, 5.74) is 0. The molecule has 0 aromatic heterocycles. The van der Waals surface area contributed by atoms with Crippen molar-refractivity contribution in [2.75, 3.05) is 6.61 Å². The minimum Gasteiger partial charge on any atom is -0.465 e. The zero-order valence-electron chi connectivity index (χ0n) is 5.58. The number of nitrogens with one attached hydrogen (secondary N) is 1. The average Bonchev–Trinajstić information content (AvgIpc) is 1.76. The number of amides is 1. The van der Waals surface area contributed by atoms with Crippen LogP contribution in [0.25, 0.3) is 0 Å². The molecule has 0 bridgehead atoms. The third-order valence-electron chi connectivity index (χ3n) is 1.82. The molecule has 1 saturated carbocycles. The molecule has 4 nitrogen and oxygen atoms in total. The molecule has 1 rings (SSSR count). The van der Waals surface area contributed by atoms with Crippen molar-refractivity contribution in [1.82, 2.24) is 5.32 Å². The molecule has 0 heterocycles. The number of aliphatic hydroxyl groups is 1. The van der Waals surface area contributed by atoms with Gasteiger partial charge in [-0.25, -0.2) is 4.79 Å². The molecule has 0 radical (unpaired) electrons. The van der Waals surface area contributed by atoms with Crippen molar-refractivity contribution in [3.63, 3.8) is 0 Å². The minimum atomic E-state index is -0.971. The van der Waals surface area contributed by atoms with Crippen LogP contribution < -0.4 is 5.32 Å². The van der Waals surface area contributed by atoms with E-state index >= 15 is 0 Å². The molecule has 4 heteroatoms. The molecule has 0 aliphatic heterocycles. The second-order valence-corrected chi connectivity index (χ2v) is 2.67. The molecular formula is C6H11NO3. The molecule has 0 atom stereocenters. The van der Waals surface area contributed by atoms with Gasteiger partial charge in [0.1, 0.15) is 0 Å². The van der Waals surface area contributed by atoms with Crippen LogP contribution in [0.3, 0.4) is 0 Å². The minimum absolute atomic E-state index is 0.0784. The third-order valence-corrected chi connectivity index (χ3v) is 1.82. The van der Waals surface area contributed by atoms with Gasteiger partial charge in [0.15, 0.2) is 0 Å². The fraction of sp³-hybridized carbons (Fsp3) is 0.833. The van der Waals surface area contributed by atoms with Gasteiger partial charge in [0.25, 0.3) is 0 Å². The number of carboxylic acid groups (broad SMARTS) is 1. The second kappa shape index (κ2) is 2.88. The second-order valence-electron chi connectivity index (χ2n) is 2.67. The Balaban J connectivity index is 2.08. The van der Waals surface area contributed by atoms with E-state index in [9.17, 15) is 4.79 Å². The molecular weight excluding hydrogens is 134 g/mol. The van der Waals surface area contributed by atoms with Crippen LogP contribution in [-0.4, -0.2) is 29.0 Å². The van der Waals surface area contributed by atoms with Gasteiger partial charge in [-0.15, -0.1) is 0 Å². The Labute approximate surface area is 58.9 Å². The Kier molecular flexibility index (Phi) is 2.11. The Hall–Kier alpha value is -0.770. The van der Waals surface area contributed by atoms with Crippen LogP contribution in [0.15, 0.2) is 0 Å². The van der Waals surface area contributed by atoms with E-state index in [1.54, 1.807) is 0 Å². The first-order chi connectivity index (χ1) is 4.72. The van der Waals surface area contributed by atoms with Crippen LogP contribution in [0, 0.1) is 5.92 Å². The van der Waals surface area contributed by atoms with Gasteiger partial charge in [0.2, 0.25) is 0 Å². The summed E-state index contributed by atoms with van der Waals surface area (Å²) < 4.78 is 0. The maximum atomic E-state index is 10.0. The van der Waals surface area contributed by atoms with Gasteiger partial charge in [-0.05, 0) is 18.8 Å². The Bertz CT molecular complexity index is 131. The molecule has 0 unspecified atom stereocenters. The van der Waals surface area contributed by atoms with E-state index in [1.807, 2.05) is 0 Å². The largest absolute Gasteiger partial charge is 0.465 e. The van der Waals surface area contributed by atoms with Crippen LogP contribution in [0.2, 0.25) is 0 Å². The molecule has 3 N–H and O–H groups in total. The van der Waals surface area contributed by atoms with Gasteiger partial charge in [-0.2, -0.15) is 0 Å². The van der Waals surface area contributed by atoms with Gasteiger partial charge in [-0.1, -0.05) is 0 Å². The molecule has 1 aliphatic rings. The predicted molar refractivity (Wildman–Crippen MR) is 34.8 cm³/mol. The van der Waals surface area contributed by atoms with Gasteiger partial charge < -0.3 is 15.5 Å². The van der Waals surface area contributed by atoms with Crippen molar-refractivity contribution in [3.8, 4) is 0 Å². The molecule has 0 spiro atoms. The van der Waals surface area contributed by atoms with E-state index in [0.717, 1.165) is 12.8 Å². The summed E-state index contributed by atoms with van der Waals surface area (Å²) in [4.78, 5) is 10.0. The van der Waals surface area contributed by atoms with Crippen molar-refractivity contribution in [2.24, 2.45) is 5.92 Å². The molecule has 1 amide bonds. The monoisotopic (exact) mass is 145 g/mol. The molecule has 0 saturated heterocycles. The first-order valence-corrected chi connectivity index (χ1v) is 3.32. The summed E-state index contributed by atoms with van der Waals surface area (Å²) in [6.07, 6.45) is 0.590. The van der Waals surface area contributed by atoms with Gasteiger partial charge in [-0.3, -0.25) is 0 Å². The van der Waals surface area contributed by atoms with Crippen LogP contribution in [0.1, 0.15) is 12.8 Å². The first kappa shape index (κ1) is 7.34. The number of aliphatic hydroxyl groups excluding tert-OH is 1. The van der Waals surface area contributed by atoms with Crippen LogP contribution in [0.4, 0.5) is 4.79 Å². The highest BCUT2D eigenvalue weighted by molar-refractivity contribution is 5.64. The van der Waals surface area contributed by atoms with Crippen molar-refractivity contribution in [3.05, 3.63) is 0 Å². The fourth-order valence-corrected chi connectivity index (χ4v) is 1.18. The van der Waals surface area contributed by atoms with Crippen LogP contribution >= 0.6 is 0 Å². The van der Waals surface area contributed by atoms with Gasteiger partial charge in [0.05, 0.1) is 0 Å². The Morgan fingerprint density at radius 3 is 2.60 bits per heavy atom. The van der Waals surface area contributed by atoms with Gasteiger partial charge >= 0.3 is 6.09 Å². The Morgan fingerprint density at radius 1 is 1.60 bits per heavy atom. The van der Waals surface area contributed by atoms with Crippen molar-refractivity contribution in [2.45, 2.75) is 18.9 Å². The van der Waals surface area contributed by atoms with Crippen molar-refractivity contribution >= 4 is 6.09 Å². The van der Waals surface area contributed by atoms with E-state index in [2.05, 4.69) is 5.32 Å². The zero-order chi connectivity index (χ0) is 7.56. The summed E-state index contributed by atoms with van der Waals surface area (Å²) in [6, 6.07) is 0.0784. The highest BCUT2D eigenvalue weighted by Crippen LogP contribution is 2.26. The van der Waals surface area contributed by atoms with Crippen molar-refractivity contribution < 1.29 is 15.0 Å². The fourth-order valence-electron chi connectivity index (χ4n) is 1.18. The van der Waals surface area contributed by atoms with Crippen LogP contribution in [0.5, 0.6) is 0 Å². The molecule has 58 valence electrons.